The van der Waals surface area contributed by atoms with Gasteiger partial charge in [-0.2, -0.15) is 0 Å². The summed E-state index contributed by atoms with van der Waals surface area (Å²) in [5.41, 5.74) is 1.76. The molecule has 0 saturated carbocycles. The second-order valence-corrected chi connectivity index (χ2v) is 8.24. The van der Waals surface area contributed by atoms with Crippen molar-refractivity contribution >= 4 is 18.0 Å². The van der Waals surface area contributed by atoms with Crippen LogP contribution in [0.1, 0.15) is 36.7 Å². The van der Waals surface area contributed by atoms with E-state index in [1.165, 1.54) is 0 Å². The maximum absolute atomic E-state index is 12.8. The van der Waals surface area contributed by atoms with Crippen molar-refractivity contribution < 1.29 is 19.1 Å². The first kappa shape index (κ1) is 23.8. The Morgan fingerprint density at radius 2 is 1.62 bits per heavy atom. The predicted octanol–water partition coefficient (Wildman–Crippen LogP) is 1.79. The summed E-state index contributed by atoms with van der Waals surface area (Å²) in [6.07, 6.45) is -0.153. The van der Waals surface area contributed by atoms with Crippen LogP contribution < -0.4 is 5.32 Å². The Labute approximate surface area is 190 Å². The molecule has 0 aromatic heterocycles. The van der Waals surface area contributed by atoms with Gasteiger partial charge in [-0.05, 0) is 38.5 Å². The zero-order valence-electron chi connectivity index (χ0n) is 19.5. The van der Waals surface area contributed by atoms with Gasteiger partial charge in [0.15, 0.2) is 5.96 Å². The fourth-order valence-electron chi connectivity index (χ4n) is 4.12. The van der Waals surface area contributed by atoms with Gasteiger partial charge in [-0.15, -0.1) is 0 Å². The summed E-state index contributed by atoms with van der Waals surface area (Å²) in [5.74, 6) is 0.840. The molecule has 32 heavy (non-hydrogen) atoms. The van der Waals surface area contributed by atoms with Gasteiger partial charge in [-0.3, -0.25) is 9.79 Å². The molecule has 1 aromatic rings. The minimum absolute atomic E-state index is 0.0433. The molecular weight excluding hydrogens is 410 g/mol. The van der Waals surface area contributed by atoms with Gasteiger partial charge < -0.3 is 29.5 Å². The van der Waals surface area contributed by atoms with Gasteiger partial charge in [0.05, 0.1) is 18.8 Å². The number of benzene rings is 1. The average Bonchev–Trinajstić information content (AvgIpc) is 2.79. The number of aliphatic imine (C=N–C) groups is 1. The molecule has 0 aliphatic carbocycles. The molecule has 0 radical (unpaired) electrons. The molecule has 1 aromatic carbocycles. The van der Waals surface area contributed by atoms with Crippen LogP contribution in [0.3, 0.4) is 0 Å². The third-order valence-corrected chi connectivity index (χ3v) is 5.68. The first-order valence-corrected chi connectivity index (χ1v) is 11.3. The van der Waals surface area contributed by atoms with Gasteiger partial charge in [0.25, 0.3) is 5.91 Å². The molecular formula is C23H35N5O4. The zero-order chi connectivity index (χ0) is 23.1. The Kier molecular flexibility index (Phi) is 8.33. The highest BCUT2D eigenvalue weighted by Gasteiger charge is 2.27. The lowest BCUT2D eigenvalue weighted by Crippen LogP contribution is -2.53. The number of guanidine groups is 1. The predicted molar refractivity (Wildman–Crippen MR) is 123 cm³/mol. The second-order valence-electron chi connectivity index (χ2n) is 8.24. The van der Waals surface area contributed by atoms with E-state index in [4.69, 9.17) is 9.47 Å². The number of rotatable bonds is 4. The second kappa shape index (κ2) is 11.2. The van der Waals surface area contributed by atoms with Crippen LogP contribution in [0.5, 0.6) is 0 Å². The molecule has 2 atom stereocenters. The SMILES string of the molecule is CCOC(=O)N1CCN(C(=NC)NCc2ccc(C(=O)N3CC(C)OC(C)C3)cc2)CC1. The molecule has 2 aliphatic rings. The number of carbonyl (C=O) groups is 2. The Balaban J connectivity index is 1.50. The van der Waals surface area contributed by atoms with Crippen molar-refractivity contribution in [2.75, 3.05) is 52.9 Å². The fourth-order valence-corrected chi connectivity index (χ4v) is 4.12. The summed E-state index contributed by atoms with van der Waals surface area (Å²) in [5, 5.41) is 3.38. The maximum atomic E-state index is 12.8. The molecule has 2 amide bonds. The average molecular weight is 446 g/mol. The maximum Gasteiger partial charge on any atom is 0.409 e. The van der Waals surface area contributed by atoms with Crippen LogP contribution in [0.4, 0.5) is 4.79 Å². The minimum Gasteiger partial charge on any atom is -0.450 e. The van der Waals surface area contributed by atoms with Crippen LogP contribution in [-0.4, -0.2) is 97.8 Å². The van der Waals surface area contributed by atoms with Crippen molar-refractivity contribution in [3.05, 3.63) is 35.4 Å². The molecule has 9 heteroatoms. The van der Waals surface area contributed by atoms with Crippen LogP contribution in [0.15, 0.2) is 29.3 Å². The minimum atomic E-state index is -0.259. The summed E-state index contributed by atoms with van der Waals surface area (Å²) in [6.45, 7) is 10.6. The first-order chi connectivity index (χ1) is 15.4. The molecule has 2 heterocycles. The largest absolute Gasteiger partial charge is 0.450 e. The lowest BCUT2D eigenvalue weighted by molar-refractivity contribution is -0.0586. The van der Waals surface area contributed by atoms with E-state index in [0.717, 1.165) is 11.5 Å². The third kappa shape index (κ3) is 6.12. The fraction of sp³-hybridized carbons (Fsp3) is 0.609. The highest BCUT2D eigenvalue weighted by Crippen LogP contribution is 2.15. The molecule has 9 nitrogen and oxygen atoms in total. The van der Waals surface area contributed by atoms with Crippen molar-refractivity contribution in [1.82, 2.24) is 20.0 Å². The lowest BCUT2D eigenvalue weighted by atomic mass is 10.1. The van der Waals surface area contributed by atoms with Crippen LogP contribution >= 0.6 is 0 Å². The molecule has 0 spiro atoms. The number of nitrogens with zero attached hydrogens (tertiary/aromatic N) is 4. The van der Waals surface area contributed by atoms with Crippen LogP contribution in [0, 0.1) is 0 Å². The number of nitrogens with one attached hydrogen (secondary N) is 1. The quantitative estimate of drug-likeness (QED) is 0.562. The molecule has 1 N–H and O–H groups in total. The van der Waals surface area contributed by atoms with Gasteiger partial charge >= 0.3 is 6.09 Å². The summed E-state index contributed by atoms with van der Waals surface area (Å²) in [6, 6.07) is 7.70. The summed E-state index contributed by atoms with van der Waals surface area (Å²) in [4.78, 5) is 34.8. The van der Waals surface area contributed by atoms with Gasteiger partial charge in [0, 0.05) is 58.4 Å². The molecule has 176 valence electrons. The van der Waals surface area contributed by atoms with E-state index in [-0.39, 0.29) is 24.2 Å². The Morgan fingerprint density at radius 3 is 2.19 bits per heavy atom. The van der Waals surface area contributed by atoms with Crippen molar-refractivity contribution in [3.63, 3.8) is 0 Å². The van der Waals surface area contributed by atoms with E-state index < -0.39 is 0 Å². The Bertz CT molecular complexity index is 795. The van der Waals surface area contributed by atoms with Crippen molar-refractivity contribution in [1.29, 1.82) is 0 Å². The molecule has 0 bridgehead atoms. The highest BCUT2D eigenvalue weighted by atomic mass is 16.6. The van der Waals surface area contributed by atoms with E-state index in [0.29, 0.717) is 58.0 Å². The van der Waals surface area contributed by atoms with Gasteiger partial charge in [-0.1, -0.05) is 12.1 Å². The van der Waals surface area contributed by atoms with Gasteiger partial charge in [-0.25, -0.2) is 4.79 Å². The molecule has 2 fully saturated rings. The topological polar surface area (TPSA) is 86.7 Å². The van der Waals surface area contributed by atoms with Gasteiger partial charge in [0.1, 0.15) is 0 Å². The first-order valence-electron chi connectivity index (χ1n) is 11.3. The molecule has 2 saturated heterocycles. The number of hydrogen-bond donors (Lipinski definition) is 1. The number of hydrogen-bond acceptors (Lipinski definition) is 5. The van der Waals surface area contributed by atoms with E-state index in [1.54, 1.807) is 11.9 Å². The highest BCUT2D eigenvalue weighted by molar-refractivity contribution is 5.94. The number of carbonyl (C=O) groups excluding carboxylic acids is 2. The number of amides is 2. The van der Waals surface area contributed by atoms with Crippen molar-refractivity contribution in [3.8, 4) is 0 Å². The van der Waals surface area contributed by atoms with E-state index >= 15 is 0 Å². The summed E-state index contributed by atoms with van der Waals surface area (Å²) >= 11 is 0. The molecule has 2 unspecified atom stereocenters. The van der Waals surface area contributed by atoms with Crippen LogP contribution in [-0.2, 0) is 16.0 Å². The van der Waals surface area contributed by atoms with Gasteiger partial charge in [0.2, 0.25) is 0 Å². The van der Waals surface area contributed by atoms with E-state index in [9.17, 15) is 9.59 Å². The number of piperazine rings is 1. The van der Waals surface area contributed by atoms with E-state index in [2.05, 4.69) is 15.2 Å². The number of ether oxygens (including phenoxy) is 2. The van der Waals surface area contributed by atoms with E-state index in [1.807, 2.05) is 49.9 Å². The molecule has 3 rings (SSSR count). The normalized spacial score (nSPS) is 22.0. The standard InChI is InChI=1S/C23H35N5O4/c1-5-31-23(30)27-12-10-26(11-13-27)22(24-4)25-14-19-6-8-20(9-7-19)21(29)28-15-17(2)32-18(3)16-28/h6-9,17-18H,5,10-16H2,1-4H3,(H,24,25). The van der Waals surface area contributed by atoms with Crippen LogP contribution in [0.2, 0.25) is 0 Å². The Morgan fingerprint density at radius 1 is 1.03 bits per heavy atom. The zero-order valence-corrected chi connectivity index (χ0v) is 19.5. The third-order valence-electron chi connectivity index (χ3n) is 5.68. The summed E-state index contributed by atoms with van der Waals surface area (Å²) in [7, 11) is 1.76. The van der Waals surface area contributed by atoms with Crippen LogP contribution in [0.25, 0.3) is 0 Å². The monoisotopic (exact) mass is 445 g/mol. The Hall–Kier alpha value is -2.81. The van der Waals surface area contributed by atoms with Crippen molar-refractivity contribution in [2.45, 2.75) is 39.5 Å². The molecule has 2 aliphatic heterocycles. The lowest BCUT2D eigenvalue weighted by Gasteiger charge is -2.36. The number of morpholine rings is 1. The smallest absolute Gasteiger partial charge is 0.409 e. The van der Waals surface area contributed by atoms with Crippen molar-refractivity contribution in [2.24, 2.45) is 4.99 Å². The summed E-state index contributed by atoms with van der Waals surface area (Å²) < 4.78 is 10.8.